The van der Waals surface area contributed by atoms with Gasteiger partial charge in [-0.25, -0.2) is 9.97 Å². The van der Waals surface area contributed by atoms with Crippen LogP contribution in [-0.2, 0) is 11.3 Å². The summed E-state index contributed by atoms with van der Waals surface area (Å²) in [6.07, 6.45) is 5.10. The first kappa shape index (κ1) is 13.9. The number of pyridine rings is 2. The molecule has 2 aromatic heterocycles. The molecule has 5 heterocycles. The summed E-state index contributed by atoms with van der Waals surface area (Å²) in [7, 11) is 1.65. The predicted octanol–water partition coefficient (Wildman–Crippen LogP) is 1.81. The Hall–Kier alpha value is -2.47. The summed E-state index contributed by atoms with van der Waals surface area (Å²) in [6, 6.07) is 6.59. The van der Waals surface area contributed by atoms with Crippen LogP contribution in [0, 0.1) is 0 Å². The van der Waals surface area contributed by atoms with E-state index in [1.165, 1.54) is 0 Å². The van der Waals surface area contributed by atoms with Crippen molar-refractivity contribution >= 4 is 11.5 Å². The minimum atomic E-state index is 0.356. The Bertz CT molecular complexity index is 836. The summed E-state index contributed by atoms with van der Waals surface area (Å²) in [5.74, 6) is 1.64. The molecular formula is C18H18N4O2. The molecule has 0 radical (unpaired) electrons. The number of ether oxygens (including phenoxy) is 2. The highest BCUT2D eigenvalue weighted by molar-refractivity contribution is 6.16. The number of fused-ring (bicyclic) bond motifs is 3. The van der Waals surface area contributed by atoms with Crippen molar-refractivity contribution in [2.45, 2.75) is 25.1 Å². The maximum absolute atomic E-state index is 5.69. The Morgan fingerprint density at radius 2 is 2.17 bits per heavy atom. The highest BCUT2D eigenvalue weighted by Gasteiger charge is 2.39. The second-order valence-electron chi connectivity index (χ2n) is 6.42. The number of rotatable bonds is 3. The van der Waals surface area contributed by atoms with Crippen molar-refractivity contribution in [3.8, 4) is 5.88 Å². The summed E-state index contributed by atoms with van der Waals surface area (Å²) < 4.78 is 11.1. The Morgan fingerprint density at radius 1 is 1.25 bits per heavy atom. The van der Waals surface area contributed by atoms with Crippen LogP contribution in [0.25, 0.3) is 0 Å². The molecule has 0 aromatic carbocycles. The van der Waals surface area contributed by atoms with Gasteiger partial charge in [-0.3, -0.25) is 4.99 Å². The molecule has 6 nitrogen and oxygen atoms in total. The van der Waals surface area contributed by atoms with E-state index in [4.69, 9.17) is 14.5 Å². The molecule has 3 aliphatic heterocycles. The average molecular weight is 322 g/mol. The second-order valence-corrected chi connectivity index (χ2v) is 6.42. The first-order chi connectivity index (χ1) is 11.8. The molecule has 0 spiro atoms. The third kappa shape index (κ3) is 2.03. The van der Waals surface area contributed by atoms with Gasteiger partial charge in [-0.05, 0) is 30.2 Å². The van der Waals surface area contributed by atoms with Gasteiger partial charge >= 0.3 is 0 Å². The topological polar surface area (TPSA) is 59.8 Å². The van der Waals surface area contributed by atoms with Crippen molar-refractivity contribution in [3.05, 3.63) is 47.3 Å². The van der Waals surface area contributed by atoms with E-state index in [1.54, 1.807) is 13.3 Å². The fourth-order valence-corrected chi connectivity index (χ4v) is 3.90. The quantitative estimate of drug-likeness (QED) is 0.862. The lowest BCUT2D eigenvalue weighted by molar-refractivity contribution is 0.0989. The number of nitrogens with zero attached hydrogens (tertiary/aromatic N) is 4. The number of aromatic nitrogens is 2. The first-order valence-electron chi connectivity index (χ1n) is 8.25. The summed E-state index contributed by atoms with van der Waals surface area (Å²) in [5, 5.41) is 0. The number of hydrogen-bond acceptors (Lipinski definition) is 6. The largest absolute Gasteiger partial charge is 0.480 e. The molecule has 0 saturated carbocycles. The van der Waals surface area contributed by atoms with Crippen LogP contribution in [0.3, 0.4) is 0 Å². The van der Waals surface area contributed by atoms with E-state index in [-0.39, 0.29) is 0 Å². The molecular weight excluding hydrogens is 304 g/mol. The van der Waals surface area contributed by atoms with Gasteiger partial charge in [0.2, 0.25) is 5.88 Å². The van der Waals surface area contributed by atoms with Gasteiger partial charge in [0.1, 0.15) is 5.82 Å². The van der Waals surface area contributed by atoms with E-state index in [9.17, 15) is 0 Å². The zero-order valence-electron chi connectivity index (χ0n) is 13.5. The molecule has 0 aliphatic carbocycles. The lowest BCUT2D eigenvalue weighted by Crippen LogP contribution is -2.37. The maximum atomic E-state index is 5.69. The molecule has 122 valence electrons. The Kier molecular flexibility index (Phi) is 3.06. The van der Waals surface area contributed by atoms with Crippen LogP contribution in [0.15, 0.2) is 35.6 Å². The molecule has 5 rings (SSSR count). The van der Waals surface area contributed by atoms with E-state index < -0.39 is 0 Å². The Labute approximate surface area is 140 Å². The van der Waals surface area contributed by atoms with E-state index in [2.05, 4.69) is 20.9 Å². The van der Waals surface area contributed by atoms with Crippen molar-refractivity contribution in [3.63, 3.8) is 0 Å². The van der Waals surface area contributed by atoms with Crippen LogP contribution in [0.1, 0.15) is 23.1 Å². The number of aliphatic imine (C=N–C) groups is 1. The molecule has 2 fully saturated rings. The lowest BCUT2D eigenvalue weighted by atomic mass is 10.0. The average Bonchev–Trinajstić information content (AvgIpc) is 3.36. The van der Waals surface area contributed by atoms with E-state index in [0.29, 0.717) is 24.6 Å². The zero-order chi connectivity index (χ0) is 16.1. The van der Waals surface area contributed by atoms with Crippen molar-refractivity contribution in [2.75, 3.05) is 25.2 Å². The third-order valence-corrected chi connectivity index (χ3v) is 5.05. The molecule has 2 atom stereocenters. The van der Waals surface area contributed by atoms with Gasteiger partial charge in [0.15, 0.2) is 0 Å². The molecule has 0 N–H and O–H groups in total. The maximum Gasteiger partial charge on any atom is 0.222 e. The summed E-state index contributed by atoms with van der Waals surface area (Å²) in [4.78, 5) is 16.0. The molecule has 2 bridgehead atoms. The predicted molar refractivity (Wildman–Crippen MR) is 89.9 cm³/mol. The van der Waals surface area contributed by atoms with Crippen LogP contribution in [-0.4, -0.2) is 48.1 Å². The molecule has 3 aliphatic rings. The van der Waals surface area contributed by atoms with Gasteiger partial charge in [-0.2, -0.15) is 0 Å². The minimum Gasteiger partial charge on any atom is -0.480 e. The minimum absolute atomic E-state index is 0.356. The van der Waals surface area contributed by atoms with E-state index >= 15 is 0 Å². The van der Waals surface area contributed by atoms with Gasteiger partial charge in [-0.1, -0.05) is 0 Å². The summed E-state index contributed by atoms with van der Waals surface area (Å²) in [5.41, 5.74) is 4.17. The third-order valence-electron chi connectivity index (χ3n) is 5.05. The van der Waals surface area contributed by atoms with E-state index in [0.717, 1.165) is 47.8 Å². The first-order valence-corrected chi connectivity index (χ1v) is 8.25. The summed E-state index contributed by atoms with van der Waals surface area (Å²) >= 11 is 0. The Morgan fingerprint density at radius 3 is 2.96 bits per heavy atom. The fourth-order valence-electron chi connectivity index (χ4n) is 3.90. The molecule has 2 aromatic rings. The van der Waals surface area contributed by atoms with Gasteiger partial charge in [-0.15, -0.1) is 0 Å². The van der Waals surface area contributed by atoms with Crippen molar-refractivity contribution < 1.29 is 9.47 Å². The summed E-state index contributed by atoms with van der Waals surface area (Å²) in [6.45, 7) is 2.40. The molecule has 6 heteroatoms. The number of anilines is 1. The van der Waals surface area contributed by atoms with Gasteiger partial charge < -0.3 is 14.4 Å². The highest BCUT2D eigenvalue weighted by atomic mass is 16.5. The monoisotopic (exact) mass is 322 g/mol. The van der Waals surface area contributed by atoms with Crippen LogP contribution >= 0.6 is 0 Å². The highest BCUT2D eigenvalue weighted by Crippen LogP contribution is 2.33. The molecule has 0 amide bonds. The van der Waals surface area contributed by atoms with Crippen LogP contribution in [0.5, 0.6) is 5.88 Å². The smallest absolute Gasteiger partial charge is 0.222 e. The number of morpholine rings is 1. The standard InChI is InChI=1S/C18H18N4O2/c1-23-18-16-12(3-5-20-18)8-21-17(16)11-2-4-19-15(6-11)22-9-14-7-13(22)10-24-14/h2-6,13-14H,7-10H2,1H3/t13-,14-/m0/s1. The molecule has 24 heavy (non-hydrogen) atoms. The molecule has 0 unspecified atom stereocenters. The van der Waals surface area contributed by atoms with Gasteiger partial charge in [0, 0.05) is 24.5 Å². The fraction of sp³-hybridized carbons (Fsp3) is 0.389. The lowest BCUT2D eigenvalue weighted by Gasteiger charge is -2.28. The van der Waals surface area contributed by atoms with Crippen molar-refractivity contribution in [2.24, 2.45) is 4.99 Å². The zero-order valence-corrected chi connectivity index (χ0v) is 13.5. The van der Waals surface area contributed by atoms with Crippen molar-refractivity contribution in [1.29, 1.82) is 0 Å². The normalized spacial score (nSPS) is 24.2. The number of hydrogen-bond donors (Lipinski definition) is 0. The second kappa shape index (κ2) is 5.27. The SMILES string of the molecule is COc1nccc2c1C(c1ccnc(N3C[C@@H]4C[C@H]3CO4)c1)=NC2. The van der Waals surface area contributed by atoms with E-state index in [1.807, 2.05) is 18.3 Å². The Balaban J connectivity index is 1.53. The van der Waals surface area contributed by atoms with Gasteiger partial charge in [0.05, 0.1) is 43.7 Å². The molecule has 2 saturated heterocycles. The van der Waals surface area contributed by atoms with Gasteiger partial charge in [0.25, 0.3) is 0 Å². The number of methoxy groups -OCH3 is 1. The van der Waals surface area contributed by atoms with Crippen LogP contribution in [0.4, 0.5) is 5.82 Å². The van der Waals surface area contributed by atoms with Crippen molar-refractivity contribution in [1.82, 2.24) is 9.97 Å². The van der Waals surface area contributed by atoms with Crippen LogP contribution < -0.4 is 9.64 Å². The van der Waals surface area contributed by atoms with Crippen LogP contribution in [0.2, 0.25) is 0 Å².